The largest absolute Gasteiger partial charge is 0.465 e. The molecule has 2 aromatic carbocycles. The molecule has 0 aliphatic heterocycles. The monoisotopic (exact) mass is 354 g/mol. The molecule has 8 heteroatoms. The minimum Gasteiger partial charge on any atom is -0.465 e. The molecule has 7 nitrogen and oxygen atoms in total. The van der Waals surface area contributed by atoms with Crippen LogP contribution in [0.4, 0.5) is 16.0 Å². The molecule has 0 saturated heterocycles. The summed E-state index contributed by atoms with van der Waals surface area (Å²) in [4.78, 5) is 26.1. The van der Waals surface area contributed by atoms with E-state index in [0.717, 1.165) is 5.56 Å². The highest BCUT2D eigenvalue weighted by atomic mass is 19.1. The van der Waals surface area contributed by atoms with Gasteiger partial charge in [-0.1, -0.05) is 12.1 Å². The number of halogens is 1. The molecule has 0 aliphatic rings. The van der Waals surface area contributed by atoms with Gasteiger partial charge in [0.25, 0.3) is 5.56 Å². The lowest BCUT2D eigenvalue weighted by Crippen LogP contribution is -2.18. The summed E-state index contributed by atoms with van der Waals surface area (Å²) in [6, 6.07) is 12.3. The van der Waals surface area contributed by atoms with Crippen LogP contribution in [0.5, 0.6) is 0 Å². The number of aromatic nitrogens is 3. The zero-order chi connectivity index (χ0) is 18.5. The summed E-state index contributed by atoms with van der Waals surface area (Å²) in [5.74, 6) is -0.606. The van der Waals surface area contributed by atoms with E-state index in [1.165, 1.54) is 19.2 Å². The van der Waals surface area contributed by atoms with Crippen LogP contribution in [0.2, 0.25) is 0 Å². The predicted octanol–water partition coefficient (Wildman–Crippen LogP) is 2.42. The van der Waals surface area contributed by atoms with Gasteiger partial charge in [-0.15, -0.1) is 10.2 Å². The topological polar surface area (TPSA) is 97.0 Å². The van der Waals surface area contributed by atoms with Crippen LogP contribution in [0.15, 0.2) is 53.3 Å². The van der Waals surface area contributed by atoms with E-state index in [4.69, 9.17) is 0 Å². The van der Waals surface area contributed by atoms with Crippen molar-refractivity contribution in [2.45, 2.75) is 6.42 Å². The lowest BCUT2D eigenvalue weighted by Gasteiger charge is -2.06. The van der Waals surface area contributed by atoms with E-state index in [-0.39, 0.29) is 23.9 Å². The van der Waals surface area contributed by atoms with Gasteiger partial charge in [-0.3, -0.25) is 9.78 Å². The first kappa shape index (κ1) is 17.3. The van der Waals surface area contributed by atoms with Crippen molar-refractivity contribution < 1.29 is 13.9 Å². The molecule has 0 radical (unpaired) electrons. The Hall–Kier alpha value is -3.55. The Kier molecular flexibility index (Phi) is 5.02. The number of nitrogens with one attached hydrogen (secondary N) is 2. The van der Waals surface area contributed by atoms with Gasteiger partial charge < -0.3 is 10.1 Å². The van der Waals surface area contributed by atoms with Crippen LogP contribution < -0.4 is 10.9 Å². The molecular formula is C18H15FN4O3. The fourth-order valence-electron chi connectivity index (χ4n) is 2.27. The Balaban J connectivity index is 1.72. The third kappa shape index (κ3) is 4.10. The van der Waals surface area contributed by atoms with Gasteiger partial charge in [0.2, 0.25) is 5.95 Å². The van der Waals surface area contributed by atoms with Crippen molar-refractivity contribution in [1.29, 1.82) is 0 Å². The highest BCUT2D eigenvalue weighted by Crippen LogP contribution is 2.13. The van der Waals surface area contributed by atoms with Gasteiger partial charge in [-0.2, -0.15) is 0 Å². The third-order valence-electron chi connectivity index (χ3n) is 3.62. The normalized spacial score (nSPS) is 10.4. The third-order valence-corrected chi connectivity index (χ3v) is 3.62. The quantitative estimate of drug-likeness (QED) is 0.683. The van der Waals surface area contributed by atoms with Crippen molar-refractivity contribution in [3.63, 3.8) is 0 Å². The molecule has 1 aromatic heterocycles. The molecule has 0 bridgehead atoms. The average molecular weight is 354 g/mol. The molecular weight excluding hydrogens is 339 g/mol. The van der Waals surface area contributed by atoms with E-state index in [0.29, 0.717) is 11.3 Å². The standard InChI is InChI=1S/C18H15FN4O3/c1-26-17(25)12-4-8-14(9-5-12)20-18-21-16(24)15(22-23-18)10-11-2-6-13(19)7-3-11/h2-9H,10H2,1H3,(H2,20,21,23,24). The van der Waals surface area contributed by atoms with Crippen molar-refractivity contribution in [2.24, 2.45) is 0 Å². The van der Waals surface area contributed by atoms with Crippen molar-refractivity contribution in [3.05, 3.63) is 81.5 Å². The number of methoxy groups -OCH3 is 1. The minimum absolute atomic E-state index is 0.170. The van der Waals surface area contributed by atoms with Gasteiger partial charge in [0.05, 0.1) is 12.7 Å². The Morgan fingerprint density at radius 1 is 1.12 bits per heavy atom. The molecule has 132 valence electrons. The molecule has 3 rings (SSSR count). The van der Waals surface area contributed by atoms with Crippen LogP contribution in [-0.4, -0.2) is 28.3 Å². The number of rotatable bonds is 5. The van der Waals surface area contributed by atoms with Gasteiger partial charge in [0, 0.05) is 12.1 Å². The molecule has 1 heterocycles. The summed E-state index contributed by atoms with van der Waals surface area (Å²) in [6.45, 7) is 0. The second-order valence-corrected chi connectivity index (χ2v) is 5.45. The number of esters is 1. The van der Waals surface area contributed by atoms with Crippen LogP contribution in [0.3, 0.4) is 0 Å². The maximum absolute atomic E-state index is 12.9. The number of benzene rings is 2. The van der Waals surface area contributed by atoms with Gasteiger partial charge in [0.1, 0.15) is 11.5 Å². The Morgan fingerprint density at radius 2 is 1.81 bits per heavy atom. The maximum Gasteiger partial charge on any atom is 0.337 e. The van der Waals surface area contributed by atoms with Gasteiger partial charge >= 0.3 is 5.97 Å². The second kappa shape index (κ2) is 7.56. The van der Waals surface area contributed by atoms with Crippen molar-refractivity contribution in [1.82, 2.24) is 15.2 Å². The van der Waals surface area contributed by atoms with E-state index in [1.807, 2.05) is 0 Å². The number of ether oxygens (including phenoxy) is 1. The molecule has 0 spiro atoms. The summed E-state index contributed by atoms with van der Waals surface area (Å²) < 4.78 is 17.6. The van der Waals surface area contributed by atoms with Gasteiger partial charge in [-0.05, 0) is 42.0 Å². The van der Waals surface area contributed by atoms with E-state index in [1.54, 1.807) is 36.4 Å². The molecule has 3 aromatic rings. The predicted molar refractivity (Wildman–Crippen MR) is 92.9 cm³/mol. The number of carbonyl (C=O) groups excluding carboxylic acids is 1. The number of H-pyrrole nitrogens is 1. The molecule has 0 unspecified atom stereocenters. The Bertz CT molecular complexity index is 969. The summed E-state index contributed by atoms with van der Waals surface area (Å²) in [5.41, 5.74) is 1.62. The van der Waals surface area contributed by atoms with Crippen LogP contribution in [0.1, 0.15) is 21.6 Å². The lowest BCUT2D eigenvalue weighted by atomic mass is 10.1. The van der Waals surface area contributed by atoms with E-state index >= 15 is 0 Å². The van der Waals surface area contributed by atoms with Crippen molar-refractivity contribution >= 4 is 17.6 Å². The fourth-order valence-corrected chi connectivity index (χ4v) is 2.27. The Morgan fingerprint density at radius 3 is 2.42 bits per heavy atom. The number of anilines is 2. The number of carbonyl (C=O) groups is 1. The highest BCUT2D eigenvalue weighted by Gasteiger charge is 2.08. The molecule has 0 saturated carbocycles. The number of hydrogen-bond acceptors (Lipinski definition) is 6. The zero-order valence-electron chi connectivity index (χ0n) is 13.8. The van der Waals surface area contributed by atoms with Crippen LogP contribution in [0.25, 0.3) is 0 Å². The van der Waals surface area contributed by atoms with E-state index in [9.17, 15) is 14.0 Å². The van der Waals surface area contributed by atoms with Crippen molar-refractivity contribution in [2.75, 3.05) is 12.4 Å². The van der Waals surface area contributed by atoms with Crippen LogP contribution in [-0.2, 0) is 11.2 Å². The lowest BCUT2D eigenvalue weighted by molar-refractivity contribution is 0.0601. The van der Waals surface area contributed by atoms with E-state index in [2.05, 4.69) is 25.2 Å². The highest BCUT2D eigenvalue weighted by molar-refractivity contribution is 5.89. The van der Waals surface area contributed by atoms with Gasteiger partial charge in [0.15, 0.2) is 0 Å². The Labute approximate surface area is 147 Å². The molecule has 2 N–H and O–H groups in total. The first-order valence-electron chi connectivity index (χ1n) is 7.71. The summed E-state index contributed by atoms with van der Waals surface area (Å²) in [7, 11) is 1.31. The SMILES string of the molecule is COC(=O)c1ccc(Nc2nnc(Cc3ccc(F)cc3)c(=O)[nH]2)cc1. The molecule has 0 fully saturated rings. The number of aromatic amines is 1. The fraction of sp³-hybridized carbons (Fsp3) is 0.111. The average Bonchev–Trinajstić information content (AvgIpc) is 2.65. The molecule has 0 atom stereocenters. The summed E-state index contributed by atoms with van der Waals surface area (Å²) >= 11 is 0. The van der Waals surface area contributed by atoms with E-state index < -0.39 is 11.5 Å². The molecule has 0 aliphatic carbocycles. The van der Waals surface area contributed by atoms with Gasteiger partial charge in [-0.25, -0.2) is 9.18 Å². The first-order chi connectivity index (χ1) is 12.5. The molecule has 0 amide bonds. The second-order valence-electron chi connectivity index (χ2n) is 5.45. The zero-order valence-corrected chi connectivity index (χ0v) is 13.8. The van der Waals surface area contributed by atoms with Crippen molar-refractivity contribution in [3.8, 4) is 0 Å². The summed E-state index contributed by atoms with van der Waals surface area (Å²) in [5, 5.41) is 10.8. The smallest absolute Gasteiger partial charge is 0.337 e. The first-order valence-corrected chi connectivity index (χ1v) is 7.71. The van der Waals surface area contributed by atoms with Crippen LogP contribution in [0, 0.1) is 5.82 Å². The molecule has 26 heavy (non-hydrogen) atoms. The minimum atomic E-state index is -0.435. The summed E-state index contributed by atoms with van der Waals surface area (Å²) in [6.07, 6.45) is 0.247. The van der Waals surface area contributed by atoms with Crippen LogP contribution >= 0.6 is 0 Å². The number of nitrogens with zero attached hydrogens (tertiary/aromatic N) is 2. The maximum atomic E-state index is 12.9. The number of hydrogen-bond donors (Lipinski definition) is 2.